The molecular weight excluding hydrogens is 396 g/mol. The Kier molecular flexibility index (Phi) is 7.19. The van der Waals surface area contributed by atoms with Crippen molar-refractivity contribution in [1.29, 1.82) is 0 Å². The van der Waals surface area contributed by atoms with Crippen LogP contribution in [-0.4, -0.2) is 35.6 Å². The van der Waals surface area contributed by atoms with E-state index in [1.807, 2.05) is 38.1 Å². The van der Waals surface area contributed by atoms with E-state index in [0.29, 0.717) is 31.9 Å². The lowest BCUT2D eigenvalue weighted by Gasteiger charge is -2.09. The summed E-state index contributed by atoms with van der Waals surface area (Å²) >= 11 is 7.62. The van der Waals surface area contributed by atoms with Crippen molar-refractivity contribution in [3.8, 4) is 0 Å². The van der Waals surface area contributed by atoms with Crippen molar-refractivity contribution in [3.05, 3.63) is 51.6 Å². The minimum atomic E-state index is -0.0750. The quantitative estimate of drug-likeness (QED) is 0.397. The maximum absolute atomic E-state index is 12.2. The Morgan fingerprint density at radius 1 is 1.25 bits per heavy atom. The summed E-state index contributed by atoms with van der Waals surface area (Å²) < 4.78 is 5.26. The largest absolute Gasteiger partial charge is 0.382 e. The monoisotopic (exact) mass is 418 g/mol. The summed E-state index contributed by atoms with van der Waals surface area (Å²) in [4.78, 5) is 22.8. The minimum Gasteiger partial charge on any atom is -0.382 e. The van der Waals surface area contributed by atoms with E-state index in [0.717, 1.165) is 32.9 Å². The van der Waals surface area contributed by atoms with Crippen molar-refractivity contribution in [2.45, 2.75) is 26.8 Å². The van der Waals surface area contributed by atoms with Crippen LogP contribution in [0.3, 0.4) is 0 Å². The molecule has 0 aliphatic carbocycles. The van der Waals surface area contributed by atoms with E-state index < -0.39 is 0 Å². The Labute approximate surface area is 173 Å². The Morgan fingerprint density at radius 3 is 2.79 bits per heavy atom. The van der Waals surface area contributed by atoms with E-state index in [1.54, 1.807) is 11.3 Å². The summed E-state index contributed by atoms with van der Waals surface area (Å²) in [5, 5.41) is 7.41. The molecule has 0 saturated heterocycles. The van der Waals surface area contributed by atoms with Gasteiger partial charge in [-0.05, 0) is 55.6 Å². The zero-order valence-corrected chi connectivity index (χ0v) is 17.5. The molecule has 0 bridgehead atoms. The fourth-order valence-electron chi connectivity index (χ4n) is 2.73. The van der Waals surface area contributed by atoms with Gasteiger partial charge < -0.3 is 15.4 Å². The second-order valence-corrected chi connectivity index (χ2v) is 7.85. The van der Waals surface area contributed by atoms with Crippen LogP contribution in [0.5, 0.6) is 0 Å². The number of ether oxygens (including phenoxy) is 1. The van der Waals surface area contributed by atoms with Crippen molar-refractivity contribution in [3.63, 3.8) is 0 Å². The van der Waals surface area contributed by atoms with Gasteiger partial charge in [-0.2, -0.15) is 0 Å². The smallest absolute Gasteiger partial charge is 0.251 e. The highest BCUT2D eigenvalue weighted by atomic mass is 35.5. The van der Waals surface area contributed by atoms with Gasteiger partial charge in [-0.25, -0.2) is 9.97 Å². The Balaban J connectivity index is 1.57. The van der Waals surface area contributed by atoms with Gasteiger partial charge in [-0.1, -0.05) is 12.1 Å². The number of halogens is 1. The fraction of sp³-hybridized carbons (Fsp3) is 0.350. The third kappa shape index (κ3) is 5.41. The van der Waals surface area contributed by atoms with Gasteiger partial charge in [0.15, 0.2) is 0 Å². The Morgan fingerprint density at radius 2 is 2.04 bits per heavy atom. The molecule has 0 radical (unpaired) electrons. The topological polar surface area (TPSA) is 76.1 Å². The number of anilines is 1. The van der Waals surface area contributed by atoms with Crippen LogP contribution < -0.4 is 10.6 Å². The van der Waals surface area contributed by atoms with Crippen LogP contribution in [0.25, 0.3) is 10.2 Å². The lowest BCUT2D eigenvalue weighted by atomic mass is 10.1. The highest BCUT2D eigenvalue weighted by Crippen LogP contribution is 2.29. The van der Waals surface area contributed by atoms with E-state index in [4.69, 9.17) is 16.3 Å². The van der Waals surface area contributed by atoms with Crippen LogP contribution in [-0.2, 0) is 11.3 Å². The highest BCUT2D eigenvalue weighted by molar-refractivity contribution is 7.18. The summed E-state index contributed by atoms with van der Waals surface area (Å²) in [6.07, 6.45) is 0.805. The first-order valence-electron chi connectivity index (χ1n) is 9.19. The van der Waals surface area contributed by atoms with Gasteiger partial charge in [0.1, 0.15) is 10.6 Å². The zero-order valence-electron chi connectivity index (χ0n) is 15.9. The van der Waals surface area contributed by atoms with Crippen molar-refractivity contribution >= 4 is 44.9 Å². The number of carbonyl (C=O) groups excluding carboxylic acids is 1. The first-order valence-corrected chi connectivity index (χ1v) is 10.4. The molecule has 0 atom stereocenters. The maximum atomic E-state index is 12.2. The number of nitrogens with zero attached hydrogens (tertiary/aromatic N) is 2. The van der Waals surface area contributed by atoms with E-state index in [2.05, 4.69) is 26.7 Å². The number of aryl methyl sites for hydroxylation is 1. The van der Waals surface area contributed by atoms with Crippen molar-refractivity contribution < 1.29 is 9.53 Å². The van der Waals surface area contributed by atoms with Gasteiger partial charge in [-0.15, -0.1) is 11.3 Å². The minimum absolute atomic E-state index is 0.0750. The van der Waals surface area contributed by atoms with Crippen molar-refractivity contribution in [1.82, 2.24) is 15.3 Å². The van der Waals surface area contributed by atoms with E-state index in [1.165, 1.54) is 0 Å². The number of benzene rings is 1. The molecule has 3 aromatic rings. The number of carbonyl (C=O) groups is 1. The molecule has 0 aliphatic rings. The first-order chi connectivity index (χ1) is 13.6. The van der Waals surface area contributed by atoms with Crippen LogP contribution in [0.1, 0.15) is 34.1 Å². The lowest BCUT2D eigenvalue weighted by molar-refractivity contribution is 0.0944. The molecule has 6 nitrogen and oxygen atoms in total. The number of fused-ring (bicyclic) bond motifs is 1. The molecule has 0 spiro atoms. The van der Waals surface area contributed by atoms with E-state index in [-0.39, 0.29) is 11.2 Å². The molecule has 1 aromatic carbocycles. The maximum Gasteiger partial charge on any atom is 0.251 e. The van der Waals surface area contributed by atoms with Gasteiger partial charge in [0.2, 0.25) is 5.28 Å². The predicted octanol–water partition coefficient (Wildman–Crippen LogP) is 4.42. The van der Waals surface area contributed by atoms with Crippen molar-refractivity contribution in [2.24, 2.45) is 0 Å². The van der Waals surface area contributed by atoms with Gasteiger partial charge in [0, 0.05) is 36.7 Å². The molecular formula is C20H23ClN4O2S. The summed E-state index contributed by atoms with van der Waals surface area (Å²) in [5.74, 6) is 0.643. The standard InChI is InChI=1S/C20H23ClN4O2S/c1-3-27-10-4-9-22-18(26)15-7-5-14(6-8-15)12-23-17-16-11-13(2)28-19(16)25-20(21)24-17/h5-8,11H,3-4,9-10,12H2,1-2H3,(H,22,26)(H,23,24,25). The van der Waals surface area contributed by atoms with Gasteiger partial charge in [-0.3, -0.25) is 4.79 Å². The third-order valence-electron chi connectivity index (χ3n) is 4.12. The summed E-state index contributed by atoms with van der Waals surface area (Å²) in [6.45, 7) is 6.52. The predicted molar refractivity (Wildman–Crippen MR) is 114 cm³/mol. The average molecular weight is 419 g/mol. The SMILES string of the molecule is CCOCCCNC(=O)c1ccc(CNc2nc(Cl)nc3sc(C)cc23)cc1. The number of rotatable bonds is 9. The molecule has 2 heterocycles. The molecule has 28 heavy (non-hydrogen) atoms. The normalized spacial score (nSPS) is 11.0. The third-order valence-corrected chi connectivity index (χ3v) is 5.23. The summed E-state index contributed by atoms with van der Waals surface area (Å²) in [5.41, 5.74) is 1.68. The fourth-order valence-corrected chi connectivity index (χ4v) is 3.83. The van der Waals surface area contributed by atoms with Crippen LogP contribution in [0, 0.1) is 6.92 Å². The lowest BCUT2D eigenvalue weighted by Crippen LogP contribution is -2.25. The van der Waals surface area contributed by atoms with Gasteiger partial charge in [0.05, 0.1) is 5.39 Å². The molecule has 0 aliphatic heterocycles. The van der Waals surface area contributed by atoms with Crippen LogP contribution in [0.2, 0.25) is 5.28 Å². The first kappa shape index (κ1) is 20.5. The number of aromatic nitrogens is 2. The van der Waals surface area contributed by atoms with Crippen LogP contribution >= 0.6 is 22.9 Å². The molecule has 0 saturated carbocycles. The Hall–Kier alpha value is -2.22. The zero-order chi connectivity index (χ0) is 19.9. The van der Waals surface area contributed by atoms with Gasteiger partial charge >= 0.3 is 0 Å². The van der Waals surface area contributed by atoms with Crippen LogP contribution in [0.15, 0.2) is 30.3 Å². The molecule has 148 valence electrons. The second-order valence-electron chi connectivity index (χ2n) is 6.27. The number of amides is 1. The molecule has 2 aromatic heterocycles. The molecule has 3 rings (SSSR count). The molecule has 1 amide bonds. The summed E-state index contributed by atoms with van der Waals surface area (Å²) in [7, 11) is 0. The number of thiophene rings is 1. The molecule has 8 heteroatoms. The van der Waals surface area contributed by atoms with Gasteiger partial charge in [0.25, 0.3) is 5.91 Å². The summed E-state index contributed by atoms with van der Waals surface area (Å²) in [6, 6.07) is 9.57. The van der Waals surface area contributed by atoms with E-state index in [9.17, 15) is 4.79 Å². The molecule has 0 fully saturated rings. The van der Waals surface area contributed by atoms with E-state index >= 15 is 0 Å². The molecule has 0 unspecified atom stereocenters. The second kappa shape index (κ2) is 9.82. The number of hydrogen-bond donors (Lipinski definition) is 2. The average Bonchev–Trinajstić information content (AvgIpc) is 3.06. The van der Waals surface area contributed by atoms with Crippen molar-refractivity contribution in [2.75, 3.05) is 25.1 Å². The number of nitrogens with one attached hydrogen (secondary N) is 2. The van der Waals surface area contributed by atoms with Crippen LogP contribution in [0.4, 0.5) is 5.82 Å². The number of hydrogen-bond acceptors (Lipinski definition) is 6. The molecule has 2 N–H and O–H groups in total. The highest BCUT2D eigenvalue weighted by Gasteiger charge is 2.10. The Bertz CT molecular complexity index is 943.